The number of hydrogen-bond donors (Lipinski definition) is 3. The number of aliphatic hydroxyl groups excluding tert-OH is 1. The van der Waals surface area contributed by atoms with Crippen molar-refractivity contribution >= 4 is 11.9 Å². The minimum absolute atomic E-state index is 0.204. The smallest absolute Gasteiger partial charge is 0.0720 e. The van der Waals surface area contributed by atoms with Crippen molar-refractivity contribution in [2.75, 3.05) is 26.2 Å². The van der Waals surface area contributed by atoms with Gasteiger partial charge in [-0.15, -0.1) is 0 Å². The van der Waals surface area contributed by atoms with Gasteiger partial charge in [-0.05, 0) is 95.1 Å². The summed E-state index contributed by atoms with van der Waals surface area (Å²) in [5.74, 6) is 0. The van der Waals surface area contributed by atoms with Crippen LogP contribution in [0, 0.1) is 13.8 Å². The fourth-order valence-corrected chi connectivity index (χ4v) is 4.66. The van der Waals surface area contributed by atoms with Crippen LogP contribution >= 0.6 is 11.9 Å². The first-order chi connectivity index (χ1) is 13.4. The fraction of sp³-hybridized carbons (Fsp3) is 0.727. The van der Waals surface area contributed by atoms with Crippen LogP contribution in [-0.2, 0) is 11.3 Å². The maximum Gasteiger partial charge on any atom is 0.0720 e. The molecule has 0 aromatic heterocycles. The molecule has 1 fully saturated rings. The fourth-order valence-electron chi connectivity index (χ4n) is 3.60. The van der Waals surface area contributed by atoms with Crippen molar-refractivity contribution in [3.05, 3.63) is 28.8 Å². The second-order valence-electron chi connectivity index (χ2n) is 8.14. The number of ether oxygens (including phenoxy) is 1. The van der Waals surface area contributed by atoms with Gasteiger partial charge < -0.3 is 20.9 Å². The summed E-state index contributed by atoms with van der Waals surface area (Å²) < 4.78 is 8.39. The van der Waals surface area contributed by atoms with Gasteiger partial charge in [-0.1, -0.05) is 12.1 Å². The second kappa shape index (κ2) is 12.2. The van der Waals surface area contributed by atoms with E-state index in [1.807, 2.05) is 18.9 Å². The highest BCUT2D eigenvalue weighted by Gasteiger charge is 2.21. The van der Waals surface area contributed by atoms with Crippen molar-refractivity contribution in [3.8, 4) is 0 Å². The number of hydrogen-bond acceptors (Lipinski definition) is 6. The molecule has 1 aliphatic heterocycles. The highest BCUT2D eigenvalue weighted by Crippen LogP contribution is 2.32. The average Bonchev–Trinajstić information content (AvgIpc) is 2.64. The number of nitrogens with one attached hydrogen (secondary N) is 1. The third-order valence-corrected chi connectivity index (χ3v) is 6.75. The van der Waals surface area contributed by atoms with E-state index in [-0.39, 0.29) is 12.2 Å². The maximum absolute atomic E-state index is 9.38. The van der Waals surface area contributed by atoms with E-state index in [9.17, 15) is 5.11 Å². The summed E-state index contributed by atoms with van der Waals surface area (Å²) in [5, 5.41) is 13.0. The van der Waals surface area contributed by atoms with Crippen molar-refractivity contribution in [3.63, 3.8) is 0 Å². The lowest BCUT2D eigenvalue weighted by atomic mass is 10.1. The van der Waals surface area contributed by atoms with Crippen molar-refractivity contribution in [1.82, 2.24) is 9.62 Å². The molecule has 2 rings (SSSR count). The first-order valence-corrected chi connectivity index (χ1v) is 11.4. The monoisotopic (exact) mass is 409 g/mol. The standard InChI is InChI=1S/C22H39N3O2S/c1-16-13-20(15-27-19(4)5-9-23)14-17(2)22(16)28-25-11-7-21(8-12-25)24-10-6-18(3)26/h13-14,18-19,21,24,26H,5-12,15,23H2,1-4H3. The van der Waals surface area contributed by atoms with E-state index in [0.29, 0.717) is 19.2 Å². The van der Waals surface area contributed by atoms with Gasteiger partial charge in [-0.2, -0.15) is 0 Å². The maximum atomic E-state index is 9.38. The third kappa shape index (κ3) is 8.01. The van der Waals surface area contributed by atoms with E-state index >= 15 is 0 Å². The number of rotatable bonds is 11. The van der Waals surface area contributed by atoms with Crippen LogP contribution in [0.15, 0.2) is 17.0 Å². The van der Waals surface area contributed by atoms with Crippen molar-refractivity contribution in [2.24, 2.45) is 5.73 Å². The van der Waals surface area contributed by atoms with Gasteiger partial charge in [0.25, 0.3) is 0 Å². The Morgan fingerprint density at radius 1 is 1.21 bits per heavy atom. The van der Waals surface area contributed by atoms with Gasteiger partial charge in [-0.3, -0.25) is 0 Å². The van der Waals surface area contributed by atoms with Crippen molar-refractivity contribution < 1.29 is 9.84 Å². The normalized spacial score (nSPS) is 18.4. The Kier molecular flexibility index (Phi) is 10.3. The SMILES string of the molecule is Cc1cc(COC(C)CCN)cc(C)c1SN1CCC(NCCC(C)O)CC1. The Morgan fingerprint density at radius 3 is 2.43 bits per heavy atom. The predicted octanol–water partition coefficient (Wildman–Crippen LogP) is 3.39. The summed E-state index contributed by atoms with van der Waals surface area (Å²) in [6.07, 6.45) is 4.04. The molecule has 0 saturated carbocycles. The summed E-state index contributed by atoms with van der Waals surface area (Å²) in [6.45, 7) is 12.7. The molecule has 160 valence electrons. The molecule has 0 bridgehead atoms. The molecule has 0 radical (unpaired) electrons. The summed E-state index contributed by atoms with van der Waals surface area (Å²) >= 11 is 1.90. The van der Waals surface area contributed by atoms with Gasteiger partial charge in [0.2, 0.25) is 0 Å². The van der Waals surface area contributed by atoms with Gasteiger partial charge in [0.1, 0.15) is 0 Å². The van der Waals surface area contributed by atoms with Gasteiger partial charge in [0.05, 0.1) is 18.8 Å². The van der Waals surface area contributed by atoms with Crippen LogP contribution in [0.25, 0.3) is 0 Å². The largest absolute Gasteiger partial charge is 0.393 e. The Balaban J connectivity index is 1.82. The topological polar surface area (TPSA) is 70.8 Å². The Labute approximate surface area is 175 Å². The van der Waals surface area contributed by atoms with Gasteiger partial charge in [0.15, 0.2) is 0 Å². The molecule has 4 N–H and O–H groups in total. The molecule has 1 heterocycles. The molecule has 0 aliphatic carbocycles. The molecular formula is C22H39N3O2S. The molecule has 6 heteroatoms. The summed E-state index contributed by atoms with van der Waals surface area (Å²) in [7, 11) is 0. The minimum atomic E-state index is -0.216. The van der Waals surface area contributed by atoms with Gasteiger partial charge >= 0.3 is 0 Å². The second-order valence-corrected chi connectivity index (χ2v) is 9.25. The molecule has 2 unspecified atom stereocenters. The Morgan fingerprint density at radius 2 is 1.86 bits per heavy atom. The van der Waals surface area contributed by atoms with E-state index in [4.69, 9.17) is 10.5 Å². The molecule has 5 nitrogen and oxygen atoms in total. The van der Waals surface area contributed by atoms with E-state index in [0.717, 1.165) is 45.3 Å². The number of aliphatic hydroxyl groups is 1. The van der Waals surface area contributed by atoms with E-state index in [1.54, 1.807) is 0 Å². The molecule has 1 aromatic carbocycles. The number of piperidine rings is 1. The predicted molar refractivity (Wildman–Crippen MR) is 119 cm³/mol. The molecule has 0 spiro atoms. The first-order valence-electron chi connectivity index (χ1n) is 10.6. The third-order valence-electron chi connectivity index (χ3n) is 5.30. The zero-order valence-corrected chi connectivity index (χ0v) is 18.9. The molecule has 2 atom stereocenters. The first kappa shape index (κ1) is 23.6. The number of nitrogens with two attached hydrogens (primary N) is 1. The number of aryl methyl sites for hydroxylation is 2. The van der Waals surface area contributed by atoms with Gasteiger partial charge in [0, 0.05) is 24.0 Å². The molecule has 1 aliphatic rings. The molecule has 28 heavy (non-hydrogen) atoms. The number of benzene rings is 1. The minimum Gasteiger partial charge on any atom is -0.393 e. The van der Waals surface area contributed by atoms with E-state index < -0.39 is 0 Å². The highest BCUT2D eigenvalue weighted by molar-refractivity contribution is 7.97. The van der Waals surface area contributed by atoms with Crippen LogP contribution in [0.5, 0.6) is 0 Å². The molecule has 1 saturated heterocycles. The zero-order valence-electron chi connectivity index (χ0n) is 18.0. The lowest BCUT2D eigenvalue weighted by Crippen LogP contribution is -2.40. The van der Waals surface area contributed by atoms with Crippen LogP contribution in [0.2, 0.25) is 0 Å². The molecular weight excluding hydrogens is 370 g/mol. The lowest BCUT2D eigenvalue weighted by molar-refractivity contribution is 0.0492. The number of nitrogens with zero attached hydrogens (tertiary/aromatic N) is 1. The summed E-state index contributed by atoms with van der Waals surface area (Å²) in [4.78, 5) is 1.37. The van der Waals surface area contributed by atoms with Crippen LogP contribution in [0.3, 0.4) is 0 Å². The van der Waals surface area contributed by atoms with Crippen LogP contribution in [0.1, 0.15) is 56.2 Å². The quantitative estimate of drug-likeness (QED) is 0.487. The van der Waals surface area contributed by atoms with E-state index in [1.165, 1.54) is 21.6 Å². The summed E-state index contributed by atoms with van der Waals surface area (Å²) in [5.41, 5.74) is 9.49. The molecule has 0 amide bonds. The average molecular weight is 410 g/mol. The Hall–Kier alpha value is -0.630. The molecule has 1 aromatic rings. The van der Waals surface area contributed by atoms with Crippen molar-refractivity contribution in [2.45, 2.75) is 83.1 Å². The summed E-state index contributed by atoms with van der Waals surface area (Å²) in [6, 6.07) is 5.09. The van der Waals surface area contributed by atoms with Crippen LogP contribution < -0.4 is 11.1 Å². The highest BCUT2D eigenvalue weighted by atomic mass is 32.2. The van der Waals surface area contributed by atoms with E-state index in [2.05, 4.69) is 42.5 Å². The van der Waals surface area contributed by atoms with Crippen LogP contribution in [0.4, 0.5) is 0 Å². The Bertz CT molecular complexity index is 566. The zero-order chi connectivity index (χ0) is 20.5. The lowest BCUT2D eigenvalue weighted by Gasteiger charge is -2.32. The van der Waals surface area contributed by atoms with Gasteiger partial charge in [-0.25, -0.2) is 4.31 Å². The van der Waals surface area contributed by atoms with Crippen molar-refractivity contribution in [1.29, 1.82) is 0 Å². The van der Waals surface area contributed by atoms with Crippen LogP contribution in [-0.4, -0.2) is 53.8 Å².